The highest BCUT2D eigenvalue weighted by molar-refractivity contribution is 8.76. The van der Waals surface area contributed by atoms with Crippen molar-refractivity contribution in [3.05, 3.63) is 88.4 Å². The quantitative estimate of drug-likeness (QED) is 0.355. The molecule has 0 saturated carbocycles. The molecule has 0 aliphatic rings. The van der Waals surface area contributed by atoms with Crippen molar-refractivity contribution in [2.75, 3.05) is 0 Å². The van der Waals surface area contributed by atoms with Crippen LogP contribution in [0.5, 0.6) is 0 Å². The predicted molar refractivity (Wildman–Crippen MR) is 119 cm³/mol. The fourth-order valence-corrected chi connectivity index (χ4v) is 4.97. The fraction of sp³-hybridized carbons (Fsp3) is 0.143. The van der Waals surface area contributed by atoms with Crippen LogP contribution in [0.15, 0.2) is 81.4 Å². The second kappa shape index (κ2) is 10.5. The van der Waals surface area contributed by atoms with Crippen LogP contribution < -0.4 is 0 Å². The molecule has 0 nitrogen and oxygen atoms in total. The van der Waals surface area contributed by atoms with Crippen LogP contribution in [0.25, 0.3) is 0 Å². The Balaban J connectivity index is 0.000000209. The van der Waals surface area contributed by atoms with Crippen molar-refractivity contribution in [3.8, 4) is 0 Å². The van der Waals surface area contributed by atoms with Crippen LogP contribution >= 0.6 is 44.4 Å². The van der Waals surface area contributed by atoms with Gasteiger partial charge in [0.15, 0.2) is 0 Å². The number of hydrogen-bond donors (Lipinski definition) is 0. The van der Waals surface area contributed by atoms with Gasteiger partial charge in [-0.2, -0.15) is 0 Å². The Morgan fingerprint density at radius 3 is 1.61 bits per heavy atom. The summed E-state index contributed by atoms with van der Waals surface area (Å²) in [6, 6.07) is 20.5. The lowest BCUT2D eigenvalue weighted by atomic mass is 10.2. The summed E-state index contributed by atoms with van der Waals surface area (Å²) in [6.45, 7) is 5.81. The molecular weight excluding hydrogens is 441 g/mol. The second-order valence-electron chi connectivity index (χ2n) is 6.12. The summed E-state index contributed by atoms with van der Waals surface area (Å²) in [7, 11) is 3.63. The van der Waals surface area contributed by atoms with E-state index in [0.717, 1.165) is 12.1 Å². The van der Waals surface area contributed by atoms with Crippen LogP contribution in [0, 0.1) is 20.8 Å². The van der Waals surface area contributed by atoms with Crippen LogP contribution in [0.1, 0.15) is 16.7 Å². The average molecular weight is 461 g/mol. The number of rotatable bonds is 4. The van der Waals surface area contributed by atoms with Gasteiger partial charge >= 0.3 is 0 Å². The highest BCUT2D eigenvalue weighted by atomic mass is 35.5. The molecule has 0 unspecified atom stereocenters. The lowest BCUT2D eigenvalue weighted by molar-refractivity contribution is 0.633. The van der Waals surface area contributed by atoms with E-state index in [1.807, 2.05) is 21.6 Å². The zero-order valence-electron chi connectivity index (χ0n) is 15.6. The van der Waals surface area contributed by atoms with Crippen LogP contribution in [0.2, 0.25) is 5.02 Å². The maximum atomic E-state index is 12.1. The van der Waals surface area contributed by atoms with E-state index in [4.69, 9.17) is 11.6 Å². The van der Waals surface area contributed by atoms with Crippen LogP contribution in [-0.4, -0.2) is 0 Å². The fourth-order valence-electron chi connectivity index (χ4n) is 2.19. The molecule has 0 N–H and O–H groups in total. The average Bonchev–Trinajstić information content (AvgIpc) is 2.62. The topological polar surface area (TPSA) is 0 Å². The molecule has 28 heavy (non-hydrogen) atoms. The standard InChI is InChI=1S/C14H14S2.C7H6ClF3S/c1-11-5-3-7-13(9-11)15-16-14-8-4-6-12(2)10-14;1-5-4-6(12(9,10)11)2-3-7(5)8/h3-10H,1-2H3;2-4H,1H3. The van der Waals surface area contributed by atoms with Gasteiger partial charge in [-0.05, 0) is 79.9 Å². The molecule has 3 aromatic rings. The van der Waals surface area contributed by atoms with Crippen molar-refractivity contribution >= 4 is 44.4 Å². The maximum Gasteiger partial charge on any atom is 0.237 e. The third kappa shape index (κ3) is 7.66. The SMILES string of the molecule is Cc1cc(S(F)(F)F)ccc1Cl.Cc1cccc(SSc2cccc(C)c2)c1. The van der Waals surface area contributed by atoms with Gasteiger partial charge in [0.25, 0.3) is 0 Å². The Morgan fingerprint density at radius 1 is 0.714 bits per heavy atom. The highest BCUT2D eigenvalue weighted by Gasteiger charge is 2.24. The van der Waals surface area contributed by atoms with Crippen molar-refractivity contribution in [1.82, 2.24) is 0 Å². The van der Waals surface area contributed by atoms with Gasteiger partial charge in [-0.15, -0.1) is 11.7 Å². The lowest BCUT2D eigenvalue weighted by Gasteiger charge is -2.10. The Labute approximate surface area is 179 Å². The van der Waals surface area contributed by atoms with Gasteiger partial charge in [0, 0.05) is 14.8 Å². The Morgan fingerprint density at radius 2 is 1.21 bits per heavy atom. The number of benzene rings is 3. The predicted octanol–water partition coefficient (Wildman–Crippen LogP) is 9.57. The molecule has 150 valence electrons. The molecule has 0 fully saturated rings. The van der Waals surface area contributed by atoms with Gasteiger partial charge in [-0.3, -0.25) is 0 Å². The summed E-state index contributed by atoms with van der Waals surface area (Å²) in [6.07, 6.45) is 0. The zero-order valence-corrected chi connectivity index (χ0v) is 18.8. The second-order valence-corrected chi connectivity index (χ2v) is 10.1. The van der Waals surface area contributed by atoms with Gasteiger partial charge in [0.05, 0.1) is 4.90 Å². The summed E-state index contributed by atoms with van der Waals surface area (Å²) < 4.78 is 36.4. The Hall–Kier alpha value is -1.21. The van der Waals surface area contributed by atoms with Crippen molar-refractivity contribution in [2.45, 2.75) is 35.5 Å². The van der Waals surface area contributed by atoms with E-state index in [2.05, 4.69) is 62.4 Å². The van der Waals surface area contributed by atoms with E-state index in [9.17, 15) is 11.7 Å². The van der Waals surface area contributed by atoms with Gasteiger partial charge in [0.1, 0.15) is 0 Å². The molecular formula is C21H20ClF3S3. The minimum atomic E-state index is -5.10. The molecule has 0 saturated heterocycles. The molecule has 0 amide bonds. The first-order valence-corrected chi connectivity index (χ1v) is 12.2. The molecule has 0 spiro atoms. The zero-order chi connectivity index (χ0) is 20.7. The van der Waals surface area contributed by atoms with E-state index in [1.54, 1.807) is 6.92 Å². The van der Waals surface area contributed by atoms with E-state index in [0.29, 0.717) is 10.6 Å². The Bertz CT molecular complexity index is 881. The van der Waals surface area contributed by atoms with E-state index >= 15 is 0 Å². The molecule has 7 heteroatoms. The lowest BCUT2D eigenvalue weighted by Crippen LogP contribution is -1.82. The van der Waals surface area contributed by atoms with Crippen molar-refractivity contribution < 1.29 is 11.7 Å². The van der Waals surface area contributed by atoms with Crippen LogP contribution in [-0.2, 0) is 0 Å². The number of halogens is 4. The third-order valence-electron chi connectivity index (χ3n) is 3.61. The van der Waals surface area contributed by atoms with E-state index < -0.39 is 16.1 Å². The first-order valence-electron chi connectivity index (χ1n) is 8.31. The number of hydrogen-bond acceptors (Lipinski definition) is 2. The minimum absolute atomic E-state index is 0.363. The van der Waals surface area contributed by atoms with Crippen LogP contribution in [0.4, 0.5) is 11.7 Å². The molecule has 0 heterocycles. The molecule has 0 atom stereocenters. The summed E-state index contributed by atoms with van der Waals surface area (Å²) >= 11 is 0.472. The normalized spacial score (nSPS) is 11.5. The summed E-state index contributed by atoms with van der Waals surface area (Å²) in [5.41, 5.74) is 3.09. The molecule has 0 radical (unpaired) electrons. The Kier molecular flexibility index (Phi) is 8.68. The summed E-state index contributed by atoms with van der Waals surface area (Å²) in [5, 5.41) is 0.363. The van der Waals surface area contributed by atoms with Crippen molar-refractivity contribution in [3.63, 3.8) is 0 Å². The van der Waals surface area contributed by atoms with Gasteiger partial charge in [-0.25, -0.2) is 0 Å². The third-order valence-corrected chi connectivity index (χ3v) is 7.20. The monoisotopic (exact) mass is 460 g/mol. The minimum Gasteiger partial charge on any atom is -0.120 e. The largest absolute Gasteiger partial charge is 0.237 e. The maximum absolute atomic E-state index is 12.1. The smallest absolute Gasteiger partial charge is 0.120 e. The van der Waals surface area contributed by atoms with Gasteiger partial charge in [0.2, 0.25) is 11.2 Å². The first kappa shape index (κ1) is 23.1. The first-order chi connectivity index (χ1) is 13.1. The molecule has 0 bridgehead atoms. The summed E-state index contributed by atoms with van der Waals surface area (Å²) in [5.74, 6) is 0. The van der Waals surface area contributed by atoms with Crippen LogP contribution in [0.3, 0.4) is 0 Å². The molecule has 0 aliphatic heterocycles. The highest BCUT2D eigenvalue weighted by Crippen LogP contribution is 2.60. The van der Waals surface area contributed by atoms with Crippen molar-refractivity contribution in [2.24, 2.45) is 0 Å². The van der Waals surface area contributed by atoms with E-state index in [1.165, 1.54) is 27.0 Å². The summed E-state index contributed by atoms with van der Waals surface area (Å²) in [4.78, 5) is 2.04. The molecule has 0 aliphatic carbocycles. The number of aryl methyl sites for hydroxylation is 3. The molecule has 3 rings (SSSR count). The van der Waals surface area contributed by atoms with E-state index in [-0.39, 0.29) is 0 Å². The molecule has 0 aromatic heterocycles. The van der Waals surface area contributed by atoms with Crippen molar-refractivity contribution in [1.29, 1.82) is 0 Å². The van der Waals surface area contributed by atoms with Gasteiger partial charge < -0.3 is 0 Å². The molecule has 3 aromatic carbocycles. The van der Waals surface area contributed by atoms with Gasteiger partial charge in [-0.1, -0.05) is 57.5 Å².